The number of hydrazone groups is 1. The molecule has 0 saturated heterocycles. The lowest BCUT2D eigenvalue weighted by Gasteiger charge is -2.38. The summed E-state index contributed by atoms with van der Waals surface area (Å²) >= 11 is 13.4. The molecule has 2 atom stereocenters. The number of nitrogens with zero attached hydrogens (tertiary/aromatic N) is 2. The number of ether oxygens (including phenoxy) is 1. The summed E-state index contributed by atoms with van der Waals surface area (Å²) in [5.74, 6) is 0.882. The Morgan fingerprint density at radius 3 is 2.48 bits per heavy atom. The van der Waals surface area contributed by atoms with Crippen LogP contribution in [0.2, 0.25) is 5.02 Å². The summed E-state index contributed by atoms with van der Waals surface area (Å²) in [5, 5.41) is 7.82. The third-order valence-electron chi connectivity index (χ3n) is 5.35. The normalized spacial score (nSPS) is 20.0. The molecule has 5 rings (SSSR count). The molecule has 2 aliphatic rings. The summed E-state index contributed by atoms with van der Waals surface area (Å²) in [6, 6.07) is 20.6. The standard InChI is InChI=1S/C23H17Br2ClN2O/c1-13-2-4-15(5-3-13)23-28-21(18-10-16(24)11-19(25)22(18)29-23)12-20(27-28)14-6-8-17(26)9-7-14/h2-11,21,23H,12H2,1H3. The van der Waals surface area contributed by atoms with Crippen LogP contribution < -0.4 is 4.74 Å². The minimum absolute atomic E-state index is 0.101. The number of aryl methyl sites for hydroxylation is 1. The maximum Gasteiger partial charge on any atom is 0.213 e. The van der Waals surface area contributed by atoms with E-state index in [0.29, 0.717) is 0 Å². The summed E-state index contributed by atoms with van der Waals surface area (Å²) < 4.78 is 8.45. The number of rotatable bonds is 2. The first kappa shape index (κ1) is 19.2. The topological polar surface area (TPSA) is 24.8 Å². The molecule has 3 aromatic rings. The Morgan fingerprint density at radius 1 is 1.03 bits per heavy atom. The molecule has 0 radical (unpaired) electrons. The number of benzene rings is 3. The fourth-order valence-electron chi connectivity index (χ4n) is 3.88. The fourth-order valence-corrected chi connectivity index (χ4v) is 5.36. The Bertz CT molecular complexity index is 1110. The van der Waals surface area contributed by atoms with Crippen molar-refractivity contribution >= 4 is 49.2 Å². The summed E-state index contributed by atoms with van der Waals surface area (Å²) in [5.41, 5.74) is 5.56. The molecule has 0 aromatic heterocycles. The van der Waals surface area contributed by atoms with Crippen LogP contribution in [0.15, 0.2) is 74.7 Å². The predicted octanol–water partition coefficient (Wildman–Crippen LogP) is 7.42. The van der Waals surface area contributed by atoms with E-state index in [9.17, 15) is 0 Å². The summed E-state index contributed by atoms with van der Waals surface area (Å²) in [7, 11) is 0. The minimum atomic E-state index is -0.282. The monoisotopic (exact) mass is 530 g/mol. The first-order chi connectivity index (χ1) is 14.0. The lowest BCUT2D eigenvalue weighted by Crippen LogP contribution is -2.33. The second-order valence-corrected chi connectivity index (χ2v) is 9.55. The highest BCUT2D eigenvalue weighted by atomic mass is 79.9. The number of hydrogen-bond acceptors (Lipinski definition) is 3. The molecule has 0 N–H and O–H groups in total. The average molecular weight is 533 g/mol. The Balaban J connectivity index is 1.62. The second-order valence-electron chi connectivity index (χ2n) is 7.34. The molecule has 2 aliphatic heterocycles. The van der Waals surface area contributed by atoms with Crippen LogP contribution in [0.5, 0.6) is 5.75 Å². The van der Waals surface area contributed by atoms with Crippen molar-refractivity contribution in [2.75, 3.05) is 0 Å². The molecule has 0 aliphatic carbocycles. The molecule has 29 heavy (non-hydrogen) atoms. The Labute approximate surface area is 191 Å². The Morgan fingerprint density at radius 2 is 1.76 bits per heavy atom. The van der Waals surface area contributed by atoms with Crippen molar-refractivity contribution in [3.05, 3.63) is 96.9 Å². The number of fused-ring (bicyclic) bond motifs is 3. The molecule has 146 valence electrons. The first-order valence-electron chi connectivity index (χ1n) is 9.33. The van der Waals surface area contributed by atoms with Gasteiger partial charge in [0, 0.05) is 27.0 Å². The third-order valence-corrected chi connectivity index (χ3v) is 6.65. The van der Waals surface area contributed by atoms with Crippen LogP contribution in [-0.4, -0.2) is 10.7 Å². The van der Waals surface area contributed by atoms with E-state index in [4.69, 9.17) is 21.4 Å². The lowest BCUT2D eigenvalue weighted by atomic mass is 9.96. The van der Waals surface area contributed by atoms with E-state index in [1.165, 1.54) is 5.56 Å². The van der Waals surface area contributed by atoms with Crippen LogP contribution in [0, 0.1) is 6.92 Å². The average Bonchev–Trinajstić information content (AvgIpc) is 3.14. The van der Waals surface area contributed by atoms with E-state index in [2.05, 4.69) is 74.1 Å². The van der Waals surface area contributed by atoms with Crippen molar-refractivity contribution in [3.8, 4) is 5.75 Å². The summed E-state index contributed by atoms with van der Waals surface area (Å²) in [6.07, 6.45) is 0.527. The van der Waals surface area contributed by atoms with E-state index in [0.717, 1.165) is 48.5 Å². The fraction of sp³-hybridized carbons (Fsp3) is 0.174. The maximum absolute atomic E-state index is 6.49. The zero-order valence-corrected chi connectivity index (χ0v) is 19.5. The van der Waals surface area contributed by atoms with E-state index in [1.807, 2.05) is 30.3 Å². The lowest BCUT2D eigenvalue weighted by molar-refractivity contribution is -0.0197. The molecule has 3 nitrogen and oxygen atoms in total. The molecule has 0 spiro atoms. The van der Waals surface area contributed by atoms with Gasteiger partial charge in [0.2, 0.25) is 6.23 Å². The van der Waals surface area contributed by atoms with Gasteiger partial charge >= 0.3 is 0 Å². The van der Waals surface area contributed by atoms with E-state index in [-0.39, 0.29) is 12.3 Å². The quantitative estimate of drug-likeness (QED) is 0.343. The van der Waals surface area contributed by atoms with Gasteiger partial charge in [0.05, 0.1) is 16.2 Å². The van der Waals surface area contributed by atoms with Crippen LogP contribution >= 0.6 is 43.5 Å². The highest BCUT2D eigenvalue weighted by molar-refractivity contribution is 9.11. The molecule has 2 heterocycles. The Kier molecular flexibility index (Phi) is 4.93. The van der Waals surface area contributed by atoms with Crippen LogP contribution in [0.3, 0.4) is 0 Å². The van der Waals surface area contributed by atoms with Crippen LogP contribution in [0.25, 0.3) is 0 Å². The highest BCUT2D eigenvalue weighted by Gasteiger charge is 2.41. The SMILES string of the molecule is Cc1ccc(C2Oc3c(Br)cc(Br)cc3C3CC(c4ccc(Cl)cc4)=NN32)cc1. The van der Waals surface area contributed by atoms with E-state index in [1.54, 1.807) is 0 Å². The zero-order chi connectivity index (χ0) is 20.1. The van der Waals surface area contributed by atoms with Crippen molar-refractivity contribution in [2.24, 2.45) is 5.10 Å². The van der Waals surface area contributed by atoms with Gasteiger partial charge in [-0.1, -0.05) is 69.5 Å². The van der Waals surface area contributed by atoms with Crippen molar-refractivity contribution in [1.82, 2.24) is 5.01 Å². The molecule has 0 bridgehead atoms. The maximum atomic E-state index is 6.49. The predicted molar refractivity (Wildman–Crippen MR) is 124 cm³/mol. The van der Waals surface area contributed by atoms with Gasteiger partial charge in [0.15, 0.2) is 0 Å². The summed E-state index contributed by atoms with van der Waals surface area (Å²) in [6.45, 7) is 2.09. The molecule has 2 unspecified atom stereocenters. The smallest absolute Gasteiger partial charge is 0.213 e. The highest BCUT2D eigenvalue weighted by Crippen LogP contribution is 2.50. The van der Waals surface area contributed by atoms with E-state index >= 15 is 0 Å². The van der Waals surface area contributed by atoms with Gasteiger partial charge in [-0.3, -0.25) is 0 Å². The third kappa shape index (κ3) is 3.49. The van der Waals surface area contributed by atoms with Gasteiger partial charge in [0.25, 0.3) is 0 Å². The molecular formula is C23H17Br2ClN2O. The van der Waals surface area contributed by atoms with E-state index < -0.39 is 0 Å². The van der Waals surface area contributed by atoms with Crippen molar-refractivity contribution in [2.45, 2.75) is 25.6 Å². The van der Waals surface area contributed by atoms with Crippen LogP contribution in [0.4, 0.5) is 0 Å². The van der Waals surface area contributed by atoms with Crippen LogP contribution in [0.1, 0.15) is 40.9 Å². The number of hydrogen-bond donors (Lipinski definition) is 0. The summed E-state index contributed by atoms with van der Waals surface area (Å²) in [4.78, 5) is 0. The zero-order valence-electron chi connectivity index (χ0n) is 15.6. The molecule has 6 heteroatoms. The molecular weight excluding hydrogens is 516 g/mol. The van der Waals surface area contributed by atoms with Gasteiger partial charge in [0.1, 0.15) is 5.75 Å². The Hall–Kier alpha value is -1.82. The molecule has 3 aromatic carbocycles. The van der Waals surface area contributed by atoms with Crippen molar-refractivity contribution < 1.29 is 4.74 Å². The first-order valence-corrected chi connectivity index (χ1v) is 11.3. The van der Waals surface area contributed by atoms with Crippen LogP contribution in [-0.2, 0) is 0 Å². The van der Waals surface area contributed by atoms with Gasteiger partial charge in [-0.25, -0.2) is 5.01 Å². The second kappa shape index (κ2) is 7.46. The van der Waals surface area contributed by atoms with Gasteiger partial charge in [-0.05, 0) is 52.7 Å². The largest absolute Gasteiger partial charge is 0.463 e. The van der Waals surface area contributed by atoms with Gasteiger partial charge in [-0.2, -0.15) is 5.10 Å². The molecule has 0 fully saturated rings. The number of halogens is 3. The molecule has 0 amide bonds. The van der Waals surface area contributed by atoms with Crippen molar-refractivity contribution in [1.29, 1.82) is 0 Å². The minimum Gasteiger partial charge on any atom is -0.463 e. The van der Waals surface area contributed by atoms with Crippen molar-refractivity contribution in [3.63, 3.8) is 0 Å². The van der Waals surface area contributed by atoms with Gasteiger partial charge < -0.3 is 4.74 Å². The van der Waals surface area contributed by atoms with Gasteiger partial charge in [-0.15, -0.1) is 0 Å². The molecule has 0 saturated carbocycles.